The number of nitrogens with one attached hydrogen (secondary N) is 3. The van der Waals surface area contributed by atoms with Crippen LogP contribution in [0.5, 0.6) is 0 Å². The number of nitriles is 1. The predicted molar refractivity (Wildman–Crippen MR) is 83.7 cm³/mol. The Morgan fingerprint density at radius 3 is 2.54 bits per heavy atom. The van der Waals surface area contributed by atoms with Gasteiger partial charge in [0.15, 0.2) is 6.10 Å². The zero-order valence-corrected chi connectivity index (χ0v) is 13.8. The maximum Gasteiger partial charge on any atom is 0.405 e. The van der Waals surface area contributed by atoms with Gasteiger partial charge in [-0.15, -0.1) is 0 Å². The molecule has 1 fully saturated rings. The average Bonchev–Trinajstić information content (AvgIpc) is 2.89. The van der Waals surface area contributed by atoms with Crippen molar-refractivity contribution < 1.29 is 24.6 Å². The standard InChI is InChI=1S/C15H24N4O5/c1-8(2)5-11(19-15(23)24)14(22)18-10(12(20)7-16)6-9-3-4-17-13(9)21/h8-12,19-20H,3-6H2,1-2H3,(H,17,21)(H,18,22)(H,23,24)/t9-,10-,11-,12?/m0/s1. The normalized spacial score (nSPS) is 20.6. The predicted octanol–water partition coefficient (Wildman–Crippen LogP) is -0.436. The van der Waals surface area contributed by atoms with Gasteiger partial charge in [0, 0.05) is 12.5 Å². The van der Waals surface area contributed by atoms with E-state index in [0.717, 1.165) is 0 Å². The molecular weight excluding hydrogens is 316 g/mol. The highest BCUT2D eigenvalue weighted by molar-refractivity contribution is 5.85. The van der Waals surface area contributed by atoms with Crippen LogP contribution in [0.4, 0.5) is 4.79 Å². The maximum absolute atomic E-state index is 12.3. The molecule has 1 saturated heterocycles. The third-order valence-corrected chi connectivity index (χ3v) is 3.86. The van der Waals surface area contributed by atoms with Crippen molar-refractivity contribution in [3.63, 3.8) is 0 Å². The summed E-state index contributed by atoms with van der Waals surface area (Å²) in [5, 5.41) is 34.9. The van der Waals surface area contributed by atoms with Gasteiger partial charge in [0.25, 0.3) is 0 Å². The largest absolute Gasteiger partial charge is 0.465 e. The lowest BCUT2D eigenvalue weighted by atomic mass is 9.94. The van der Waals surface area contributed by atoms with Crippen molar-refractivity contribution in [3.05, 3.63) is 0 Å². The van der Waals surface area contributed by atoms with Crippen LogP contribution in [0, 0.1) is 23.2 Å². The topological polar surface area (TPSA) is 152 Å². The number of carboxylic acid groups (broad SMARTS) is 1. The van der Waals surface area contributed by atoms with Crippen LogP contribution in [0.3, 0.4) is 0 Å². The van der Waals surface area contributed by atoms with Crippen molar-refractivity contribution in [2.75, 3.05) is 6.54 Å². The number of aliphatic hydroxyl groups excluding tert-OH is 1. The summed E-state index contributed by atoms with van der Waals surface area (Å²) in [6, 6.07) is -0.283. The van der Waals surface area contributed by atoms with Gasteiger partial charge in [-0.2, -0.15) is 5.26 Å². The minimum absolute atomic E-state index is 0.0625. The number of carbonyl (C=O) groups excluding carboxylic acids is 2. The summed E-state index contributed by atoms with van der Waals surface area (Å²) in [6.07, 6.45) is -1.85. The van der Waals surface area contributed by atoms with E-state index in [9.17, 15) is 19.5 Å². The molecule has 0 aromatic carbocycles. The Balaban J connectivity index is 2.78. The van der Waals surface area contributed by atoms with Crippen molar-refractivity contribution in [3.8, 4) is 6.07 Å². The molecule has 0 aliphatic carbocycles. The van der Waals surface area contributed by atoms with Crippen molar-refractivity contribution >= 4 is 17.9 Å². The lowest BCUT2D eigenvalue weighted by Crippen LogP contribution is -2.53. The molecule has 0 aromatic rings. The Hall–Kier alpha value is -2.34. The first-order valence-corrected chi connectivity index (χ1v) is 7.89. The van der Waals surface area contributed by atoms with Crippen molar-refractivity contribution in [1.29, 1.82) is 5.26 Å². The van der Waals surface area contributed by atoms with Crippen LogP contribution in [0.15, 0.2) is 0 Å². The van der Waals surface area contributed by atoms with Crippen LogP contribution in [0.25, 0.3) is 0 Å². The molecule has 9 nitrogen and oxygen atoms in total. The number of carbonyl (C=O) groups is 3. The van der Waals surface area contributed by atoms with E-state index in [1.807, 2.05) is 13.8 Å². The molecule has 3 amide bonds. The van der Waals surface area contributed by atoms with Crippen LogP contribution in [0.2, 0.25) is 0 Å². The van der Waals surface area contributed by atoms with Gasteiger partial charge < -0.3 is 26.2 Å². The zero-order valence-electron chi connectivity index (χ0n) is 13.8. The number of amides is 3. The summed E-state index contributed by atoms with van der Waals surface area (Å²) < 4.78 is 0. The monoisotopic (exact) mass is 340 g/mol. The Morgan fingerprint density at radius 1 is 1.42 bits per heavy atom. The van der Waals surface area contributed by atoms with Crippen LogP contribution < -0.4 is 16.0 Å². The van der Waals surface area contributed by atoms with Gasteiger partial charge in [-0.05, 0) is 25.2 Å². The van der Waals surface area contributed by atoms with Crippen molar-refractivity contribution in [2.45, 2.75) is 51.3 Å². The summed E-state index contributed by atoms with van der Waals surface area (Å²) in [4.78, 5) is 34.8. The summed E-state index contributed by atoms with van der Waals surface area (Å²) in [6.45, 7) is 4.20. The van der Waals surface area contributed by atoms with Crippen molar-refractivity contribution in [1.82, 2.24) is 16.0 Å². The third-order valence-electron chi connectivity index (χ3n) is 3.86. The average molecular weight is 340 g/mol. The van der Waals surface area contributed by atoms with Crippen LogP contribution in [-0.2, 0) is 9.59 Å². The highest BCUT2D eigenvalue weighted by Gasteiger charge is 2.33. The number of rotatable bonds is 8. The summed E-state index contributed by atoms with van der Waals surface area (Å²) >= 11 is 0. The van der Waals surface area contributed by atoms with Gasteiger partial charge >= 0.3 is 6.09 Å². The van der Waals surface area contributed by atoms with Crippen LogP contribution in [0.1, 0.15) is 33.1 Å². The van der Waals surface area contributed by atoms with Gasteiger partial charge in [0.1, 0.15) is 6.04 Å². The number of aliphatic hydroxyl groups is 1. The molecule has 1 heterocycles. The number of hydrogen-bond acceptors (Lipinski definition) is 5. The highest BCUT2D eigenvalue weighted by atomic mass is 16.4. The van der Waals surface area contributed by atoms with E-state index < -0.39 is 36.1 Å². The smallest absolute Gasteiger partial charge is 0.405 e. The Labute approximate surface area is 140 Å². The summed E-state index contributed by atoms with van der Waals surface area (Å²) in [5.41, 5.74) is 0. The molecule has 1 rings (SSSR count). The van der Waals surface area contributed by atoms with Crippen LogP contribution in [-0.4, -0.2) is 52.9 Å². The number of nitrogens with zero attached hydrogens (tertiary/aromatic N) is 1. The van der Waals surface area contributed by atoms with Gasteiger partial charge in [0.05, 0.1) is 12.1 Å². The fourth-order valence-corrected chi connectivity index (χ4v) is 2.67. The lowest BCUT2D eigenvalue weighted by molar-refractivity contribution is -0.126. The van der Waals surface area contributed by atoms with Gasteiger partial charge in [0.2, 0.25) is 11.8 Å². The first-order chi connectivity index (χ1) is 11.2. The van der Waals surface area contributed by atoms with E-state index in [4.69, 9.17) is 10.4 Å². The fourth-order valence-electron chi connectivity index (χ4n) is 2.67. The second-order valence-electron chi connectivity index (χ2n) is 6.33. The Morgan fingerprint density at radius 2 is 2.08 bits per heavy atom. The molecule has 0 saturated carbocycles. The molecule has 4 atom stereocenters. The van der Waals surface area contributed by atoms with E-state index in [1.54, 1.807) is 6.07 Å². The van der Waals surface area contributed by atoms with Gasteiger partial charge in [-0.3, -0.25) is 9.59 Å². The summed E-state index contributed by atoms with van der Waals surface area (Å²) in [5.74, 6) is -1.13. The minimum Gasteiger partial charge on any atom is -0.465 e. The lowest BCUT2D eigenvalue weighted by Gasteiger charge is -2.25. The van der Waals surface area contributed by atoms with Crippen LogP contribution >= 0.6 is 0 Å². The second kappa shape index (κ2) is 9.08. The molecule has 24 heavy (non-hydrogen) atoms. The molecular formula is C15H24N4O5. The van der Waals surface area contributed by atoms with E-state index in [2.05, 4.69) is 16.0 Å². The SMILES string of the molecule is CC(C)C[C@H](NC(=O)O)C(=O)N[C@@H](C[C@@H]1CCNC1=O)C(O)C#N. The van der Waals surface area contributed by atoms with Gasteiger partial charge in [-0.25, -0.2) is 4.79 Å². The second-order valence-corrected chi connectivity index (χ2v) is 6.33. The fraction of sp³-hybridized carbons (Fsp3) is 0.733. The highest BCUT2D eigenvalue weighted by Crippen LogP contribution is 2.18. The quantitative estimate of drug-likeness (QED) is 0.378. The number of hydrogen-bond donors (Lipinski definition) is 5. The first kappa shape index (κ1) is 19.7. The molecule has 0 spiro atoms. The van der Waals surface area contributed by atoms with E-state index in [1.165, 1.54) is 0 Å². The molecule has 0 radical (unpaired) electrons. The minimum atomic E-state index is -1.48. The maximum atomic E-state index is 12.3. The van der Waals surface area contributed by atoms with Gasteiger partial charge in [-0.1, -0.05) is 13.8 Å². The Kier molecular flexibility index (Phi) is 7.45. The molecule has 1 unspecified atom stereocenters. The van der Waals surface area contributed by atoms with E-state index in [-0.39, 0.29) is 24.7 Å². The van der Waals surface area contributed by atoms with E-state index >= 15 is 0 Å². The molecule has 1 aliphatic rings. The Bertz CT molecular complexity index is 516. The molecule has 1 aliphatic heterocycles. The third kappa shape index (κ3) is 6.04. The summed E-state index contributed by atoms with van der Waals surface area (Å²) in [7, 11) is 0. The molecule has 134 valence electrons. The molecule has 5 N–H and O–H groups in total. The molecule has 9 heteroatoms. The van der Waals surface area contributed by atoms with Crippen molar-refractivity contribution in [2.24, 2.45) is 11.8 Å². The first-order valence-electron chi connectivity index (χ1n) is 7.89. The van der Waals surface area contributed by atoms with E-state index in [0.29, 0.717) is 13.0 Å². The molecule has 0 bridgehead atoms. The zero-order chi connectivity index (χ0) is 18.3. The molecule has 0 aromatic heterocycles.